The number of fused-ring (bicyclic) bond motifs is 1. The summed E-state index contributed by atoms with van der Waals surface area (Å²) in [6.45, 7) is -0.342. The average Bonchev–Trinajstić information content (AvgIpc) is 3.30. The Hall–Kier alpha value is -4.71. The number of primary amides is 1. The van der Waals surface area contributed by atoms with Crippen LogP contribution in [0.5, 0.6) is 0 Å². The molecule has 9 N–H and O–H groups in total. The zero-order valence-corrected chi connectivity index (χ0v) is 20.5. The van der Waals surface area contributed by atoms with Crippen molar-refractivity contribution < 1.29 is 29.1 Å². The highest BCUT2D eigenvalue weighted by Crippen LogP contribution is 2.19. The predicted molar refractivity (Wildman–Crippen MR) is 138 cm³/mol. The Balaban J connectivity index is 1.88. The molecule has 12 heteroatoms. The van der Waals surface area contributed by atoms with Crippen LogP contribution < -0.4 is 27.4 Å². The van der Waals surface area contributed by atoms with Crippen molar-refractivity contribution in [1.29, 1.82) is 0 Å². The number of benzene rings is 2. The van der Waals surface area contributed by atoms with Crippen LogP contribution in [0.2, 0.25) is 0 Å². The van der Waals surface area contributed by atoms with E-state index in [9.17, 15) is 29.1 Å². The molecule has 1 aromatic heterocycles. The number of amides is 4. The second-order valence-electron chi connectivity index (χ2n) is 8.71. The van der Waals surface area contributed by atoms with E-state index in [0.717, 1.165) is 16.5 Å². The minimum Gasteiger partial charge on any atom is -0.480 e. The molecular weight excluding hydrogens is 492 g/mol. The Kier molecular flexibility index (Phi) is 9.54. The first kappa shape index (κ1) is 27.9. The summed E-state index contributed by atoms with van der Waals surface area (Å²) in [4.78, 5) is 64.7. The second-order valence-corrected chi connectivity index (χ2v) is 8.71. The fraction of sp³-hybridized carbons (Fsp3) is 0.269. The monoisotopic (exact) mass is 522 g/mol. The van der Waals surface area contributed by atoms with Crippen molar-refractivity contribution in [2.45, 2.75) is 37.4 Å². The molecule has 3 rings (SSSR count). The number of carbonyl (C=O) groups excluding carboxylic acids is 4. The van der Waals surface area contributed by atoms with Crippen LogP contribution in [-0.2, 0) is 36.8 Å². The number of aliphatic carboxylic acids is 1. The van der Waals surface area contributed by atoms with Crippen LogP contribution >= 0.6 is 0 Å². The number of carbonyl (C=O) groups is 5. The van der Waals surface area contributed by atoms with Gasteiger partial charge in [0.2, 0.25) is 23.6 Å². The average molecular weight is 523 g/mol. The van der Waals surface area contributed by atoms with E-state index in [2.05, 4.69) is 20.9 Å². The Bertz CT molecular complexity index is 1310. The van der Waals surface area contributed by atoms with E-state index in [1.165, 1.54) is 0 Å². The molecule has 1 heterocycles. The van der Waals surface area contributed by atoms with Crippen LogP contribution in [0, 0.1) is 0 Å². The summed E-state index contributed by atoms with van der Waals surface area (Å²) < 4.78 is 0. The number of hydrogen-bond acceptors (Lipinski definition) is 6. The Morgan fingerprint density at radius 1 is 0.816 bits per heavy atom. The number of para-hydroxylation sites is 1. The van der Waals surface area contributed by atoms with Crippen LogP contribution in [0.4, 0.5) is 0 Å². The fourth-order valence-electron chi connectivity index (χ4n) is 3.99. The van der Waals surface area contributed by atoms with Crippen LogP contribution in [-0.4, -0.2) is 64.4 Å². The minimum absolute atomic E-state index is 0.00656. The van der Waals surface area contributed by atoms with Crippen molar-refractivity contribution in [3.63, 3.8) is 0 Å². The number of H-pyrrole nitrogens is 1. The Morgan fingerprint density at radius 2 is 1.42 bits per heavy atom. The standard InChI is InChI=1S/C26H30N6O6/c27-13-23(34)30-19(10-15-6-2-1-3-7-15)24(35)31-20(25(36)32-21(26(37)38)12-22(28)33)11-16-14-29-18-9-5-4-8-17(16)18/h1-9,14,19-21,29H,10-13,27H2,(H2,28,33)(H,30,34)(H,31,35)(H,32,36)(H,37,38). The third-order valence-electron chi connectivity index (χ3n) is 5.87. The maximum absolute atomic E-state index is 13.4. The van der Waals surface area contributed by atoms with Crippen molar-refractivity contribution in [3.8, 4) is 0 Å². The van der Waals surface area contributed by atoms with Crippen LogP contribution in [0.3, 0.4) is 0 Å². The number of carboxylic acid groups (broad SMARTS) is 1. The van der Waals surface area contributed by atoms with E-state index in [4.69, 9.17) is 11.5 Å². The first-order chi connectivity index (χ1) is 18.2. The van der Waals surface area contributed by atoms with Gasteiger partial charge in [0.1, 0.15) is 18.1 Å². The van der Waals surface area contributed by atoms with Gasteiger partial charge in [-0.15, -0.1) is 0 Å². The molecule has 0 aliphatic carbocycles. The zero-order valence-electron chi connectivity index (χ0n) is 20.5. The molecule has 3 atom stereocenters. The molecule has 0 bridgehead atoms. The summed E-state index contributed by atoms with van der Waals surface area (Å²) in [6.07, 6.45) is 1.18. The van der Waals surface area contributed by atoms with E-state index in [-0.39, 0.29) is 19.4 Å². The minimum atomic E-state index is -1.58. The Morgan fingerprint density at radius 3 is 2.05 bits per heavy atom. The molecule has 0 saturated heterocycles. The first-order valence-electron chi connectivity index (χ1n) is 11.9. The highest BCUT2D eigenvalue weighted by atomic mass is 16.4. The molecule has 0 saturated carbocycles. The zero-order chi connectivity index (χ0) is 27.7. The van der Waals surface area contributed by atoms with Gasteiger partial charge in [0.05, 0.1) is 13.0 Å². The maximum Gasteiger partial charge on any atom is 0.326 e. The molecule has 0 radical (unpaired) electrons. The number of nitrogens with two attached hydrogens (primary N) is 2. The second kappa shape index (κ2) is 13.0. The number of carboxylic acids is 1. The van der Waals surface area contributed by atoms with Crippen molar-refractivity contribution in [3.05, 3.63) is 71.9 Å². The van der Waals surface area contributed by atoms with Gasteiger partial charge in [-0.05, 0) is 17.2 Å². The summed E-state index contributed by atoms with van der Waals surface area (Å²) in [6, 6.07) is 12.4. The Labute approximate surface area is 218 Å². The number of aromatic nitrogens is 1. The quantitative estimate of drug-likeness (QED) is 0.154. The van der Waals surface area contributed by atoms with Crippen LogP contribution in [0.25, 0.3) is 10.9 Å². The van der Waals surface area contributed by atoms with Crippen LogP contribution in [0.1, 0.15) is 17.5 Å². The van der Waals surface area contributed by atoms with Gasteiger partial charge in [0.25, 0.3) is 0 Å². The summed E-state index contributed by atoms with van der Waals surface area (Å²) in [5.41, 5.74) is 12.8. The van der Waals surface area contributed by atoms with Gasteiger partial charge in [-0.25, -0.2) is 4.79 Å². The van der Waals surface area contributed by atoms with E-state index < -0.39 is 54.1 Å². The highest BCUT2D eigenvalue weighted by Gasteiger charge is 2.31. The molecule has 3 aromatic rings. The van der Waals surface area contributed by atoms with Gasteiger partial charge in [0, 0.05) is 29.9 Å². The lowest BCUT2D eigenvalue weighted by Gasteiger charge is -2.24. The highest BCUT2D eigenvalue weighted by molar-refractivity contribution is 5.95. The predicted octanol–water partition coefficient (Wildman–Crippen LogP) is -0.674. The van der Waals surface area contributed by atoms with Gasteiger partial charge < -0.3 is 37.5 Å². The number of rotatable bonds is 13. The molecule has 0 fully saturated rings. The molecule has 200 valence electrons. The number of nitrogens with one attached hydrogen (secondary N) is 4. The van der Waals surface area contributed by atoms with E-state index >= 15 is 0 Å². The largest absolute Gasteiger partial charge is 0.480 e. The van der Waals surface area contributed by atoms with Gasteiger partial charge in [-0.3, -0.25) is 19.2 Å². The third-order valence-corrected chi connectivity index (χ3v) is 5.87. The molecule has 0 spiro atoms. The summed E-state index contributed by atoms with van der Waals surface area (Å²) in [5, 5.41) is 17.7. The lowest BCUT2D eigenvalue weighted by Crippen LogP contribution is -2.57. The van der Waals surface area contributed by atoms with Gasteiger partial charge in [-0.1, -0.05) is 48.5 Å². The van der Waals surface area contributed by atoms with E-state index in [1.807, 2.05) is 30.3 Å². The lowest BCUT2D eigenvalue weighted by molar-refractivity contribution is -0.143. The number of hydrogen-bond donors (Lipinski definition) is 7. The molecule has 0 aliphatic rings. The summed E-state index contributed by atoms with van der Waals surface area (Å²) in [5.74, 6) is -4.43. The third kappa shape index (κ3) is 7.64. The fourth-order valence-corrected chi connectivity index (χ4v) is 3.99. The van der Waals surface area contributed by atoms with E-state index in [1.54, 1.807) is 30.5 Å². The summed E-state index contributed by atoms with van der Waals surface area (Å²) in [7, 11) is 0. The molecule has 38 heavy (non-hydrogen) atoms. The molecule has 3 unspecified atom stereocenters. The summed E-state index contributed by atoms with van der Waals surface area (Å²) >= 11 is 0. The molecule has 12 nitrogen and oxygen atoms in total. The van der Waals surface area contributed by atoms with Crippen molar-refractivity contribution in [1.82, 2.24) is 20.9 Å². The van der Waals surface area contributed by atoms with Crippen LogP contribution in [0.15, 0.2) is 60.8 Å². The number of aromatic amines is 1. The van der Waals surface area contributed by atoms with Crippen molar-refractivity contribution in [2.24, 2.45) is 11.5 Å². The van der Waals surface area contributed by atoms with Gasteiger partial charge in [0.15, 0.2) is 0 Å². The molecule has 0 aliphatic heterocycles. The normalized spacial score (nSPS) is 13.2. The SMILES string of the molecule is NCC(=O)NC(Cc1ccccc1)C(=O)NC(Cc1c[nH]c2ccccc12)C(=O)NC(CC(N)=O)C(=O)O. The first-order valence-corrected chi connectivity index (χ1v) is 11.9. The maximum atomic E-state index is 13.4. The van der Waals surface area contributed by atoms with Crippen molar-refractivity contribution >= 4 is 40.5 Å². The smallest absolute Gasteiger partial charge is 0.326 e. The van der Waals surface area contributed by atoms with Gasteiger partial charge in [-0.2, -0.15) is 0 Å². The van der Waals surface area contributed by atoms with E-state index in [0.29, 0.717) is 5.56 Å². The van der Waals surface area contributed by atoms with Crippen molar-refractivity contribution in [2.75, 3.05) is 6.54 Å². The lowest BCUT2D eigenvalue weighted by atomic mass is 10.0. The molecular formula is C26H30N6O6. The molecule has 2 aromatic carbocycles. The van der Waals surface area contributed by atoms with Gasteiger partial charge >= 0.3 is 5.97 Å². The topological polar surface area (TPSA) is 209 Å². The molecule has 4 amide bonds.